The first-order chi connectivity index (χ1) is 11.0. The molecule has 1 N–H and O–H groups in total. The number of rotatable bonds is 2. The molecule has 3 atom stereocenters. The second kappa shape index (κ2) is 5.21. The summed E-state index contributed by atoms with van der Waals surface area (Å²) in [5.74, 6) is 0.229. The van der Waals surface area contributed by atoms with Gasteiger partial charge in [-0.2, -0.15) is 0 Å². The molecule has 0 saturated carbocycles. The Kier molecular flexibility index (Phi) is 3.50. The number of halogens is 1. The van der Waals surface area contributed by atoms with Crippen molar-refractivity contribution in [1.82, 2.24) is 9.47 Å². The van der Waals surface area contributed by atoms with Crippen LogP contribution in [0.2, 0.25) is 5.15 Å². The predicted octanol–water partition coefficient (Wildman–Crippen LogP) is 2.54. The van der Waals surface area contributed by atoms with Crippen LogP contribution >= 0.6 is 11.6 Å². The molecule has 1 aromatic heterocycles. The fourth-order valence-electron chi connectivity index (χ4n) is 4.86. The van der Waals surface area contributed by atoms with E-state index in [9.17, 15) is 5.11 Å². The maximum absolute atomic E-state index is 9.74. The molecule has 1 aliphatic carbocycles. The van der Waals surface area contributed by atoms with Crippen LogP contribution in [0.4, 0.5) is 0 Å². The summed E-state index contributed by atoms with van der Waals surface area (Å²) in [4.78, 5) is 2.33. The lowest BCUT2D eigenvalue weighted by molar-refractivity contribution is -0.130. The van der Waals surface area contributed by atoms with Gasteiger partial charge in [0.05, 0.1) is 0 Å². The van der Waals surface area contributed by atoms with Gasteiger partial charge in [0.25, 0.3) is 0 Å². The third kappa shape index (κ3) is 1.89. The number of aliphatic hydroxyl groups is 1. The van der Waals surface area contributed by atoms with Crippen LogP contribution in [0.15, 0.2) is 18.2 Å². The first kappa shape index (κ1) is 15.5. The van der Waals surface area contributed by atoms with E-state index in [0.29, 0.717) is 0 Å². The van der Waals surface area contributed by atoms with Crippen molar-refractivity contribution in [2.45, 2.75) is 24.5 Å². The Morgan fingerprint density at radius 2 is 2.17 bits per heavy atom. The smallest absolute Gasteiger partial charge is 0.113 e. The lowest BCUT2D eigenvalue weighted by atomic mass is 9.69. The van der Waals surface area contributed by atoms with E-state index < -0.39 is 0 Å². The topological polar surface area (TPSA) is 37.6 Å². The van der Waals surface area contributed by atoms with Crippen LogP contribution in [0.25, 0.3) is 10.9 Å². The Hall–Kier alpha value is -1.07. The van der Waals surface area contributed by atoms with Crippen LogP contribution in [0, 0.1) is 5.92 Å². The van der Waals surface area contributed by atoms with Gasteiger partial charge in [0.2, 0.25) is 0 Å². The van der Waals surface area contributed by atoms with Crippen molar-refractivity contribution in [3.8, 4) is 0 Å². The van der Waals surface area contributed by atoms with Crippen LogP contribution in [-0.2, 0) is 23.8 Å². The highest BCUT2D eigenvalue weighted by molar-refractivity contribution is 6.32. The SMILES string of the molecule is COC12CC(CO)CN(C)[C@@H]1Cc1c(Cl)n(C)c3cccc2c13. The summed E-state index contributed by atoms with van der Waals surface area (Å²) in [6.45, 7) is 1.09. The van der Waals surface area contributed by atoms with Gasteiger partial charge in [0, 0.05) is 44.3 Å². The number of nitrogens with zero attached hydrogens (tertiary/aromatic N) is 2. The van der Waals surface area contributed by atoms with E-state index in [4.69, 9.17) is 16.3 Å². The number of hydrogen-bond donors (Lipinski definition) is 1. The van der Waals surface area contributed by atoms with Crippen LogP contribution in [0.3, 0.4) is 0 Å². The number of likely N-dealkylation sites (tertiary alicyclic amines) is 1. The molecule has 0 radical (unpaired) electrons. The second-order valence-corrected chi connectivity index (χ2v) is 7.39. The van der Waals surface area contributed by atoms with Crippen molar-refractivity contribution in [1.29, 1.82) is 0 Å². The fraction of sp³-hybridized carbons (Fsp3) is 0.556. The molecule has 1 saturated heterocycles. The van der Waals surface area contributed by atoms with Crippen molar-refractivity contribution in [2.24, 2.45) is 13.0 Å². The summed E-state index contributed by atoms with van der Waals surface area (Å²) in [5, 5.41) is 11.8. The molecule has 4 nitrogen and oxygen atoms in total. The van der Waals surface area contributed by atoms with E-state index in [1.807, 2.05) is 7.05 Å². The summed E-state index contributed by atoms with van der Waals surface area (Å²) in [7, 11) is 5.95. The van der Waals surface area contributed by atoms with E-state index >= 15 is 0 Å². The van der Waals surface area contributed by atoms with Crippen molar-refractivity contribution >= 4 is 22.5 Å². The third-order valence-electron chi connectivity index (χ3n) is 5.93. The molecule has 23 heavy (non-hydrogen) atoms. The molecule has 0 bridgehead atoms. The monoisotopic (exact) mass is 334 g/mol. The van der Waals surface area contributed by atoms with Crippen LogP contribution < -0.4 is 0 Å². The highest BCUT2D eigenvalue weighted by Gasteiger charge is 2.52. The first-order valence-electron chi connectivity index (χ1n) is 8.16. The molecular formula is C18H23ClN2O2. The zero-order chi connectivity index (χ0) is 16.4. The molecule has 4 rings (SSSR count). The number of ether oxygens (including phenoxy) is 1. The van der Waals surface area contributed by atoms with Gasteiger partial charge >= 0.3 is 0 Å². The Morgan fingerprint density at radius 1 is 1.39 bits per heavy atom. The zero-order valence-electron chi connectivity index (χ0n) is 13.8. The molecule has 2 unspecified atom stereocenters. The number of aromatic nitrogens is 1. The van der Waals surface area contributed by atoms with Gasteiger partial charge in [-0.1, -0.05) is 23.7 Å². The molecule has 2 heterocycles. The summed E-state index contributed by atoms with van der Waals surface area (Å²) >= 11 is 6.63. The second-order valence-electron chi connectivity index (χ2n) is 7.03. The largest absolute Gasteiger partial charge is 0.396 e. The van der Waals surface area contributed by atoms with Gasteiger partial charge < -0.3 is 14.4 Å². The van der Waals surface area contributed by atoms with Crippen LogP contribution in [0.1, 0.15) is 17.5 Å². The minimum Gasteiger partial charge on any atom is -0.396 e. The maximum Gasteiger partial charge on any atom is 0.113 e. The fourth-order valence-corrected chi connectivity index (χ4v) is 5.12. The summed E-state index contributed by atoms with van der Waals surface area (Å²) in [6.07, 6.45) is 1.73. The summed E-state index contributed by atoms with van der Waals surface area (Å²) < 4.78 is 8.25. The molecule has 2 aliphatic rings. The molecule has 1 aromatic carbocycles. The molecule has 124 valence electrons. The summed E-state index contributed by atoms with van der Waals surface area (Å²) in [6, 6.07) is 6.62. The minimum absolute atomic E-state index is 0.195. The third-order valence-corrected chi connectivity index (χ3v) is 6.42. The van der Waals surface area contributed by atoms with Gasteiger partial charge in [0.15, 0.2) is 0 Å². The molecule has 0 amide bonds. The average Bonchev–Trinajstić information content (AvgIpc) is 2.82. The number of likely N-dealkylation sites (N-methyl/N-ethyl adjacent to an activating group) is 1. The number of benzene rings is 1. The molecule has 1 fully saturated rings. The van der Waals surface area contributed by atoms with Gasteiger partial charge in [-0.05, 0) is 43.0 Å². The standard InChI is InChI=1S/C18H23ClN2O2/c1-20-9-11(10-22)8-18(23-3)13-5-4-6-14-16(13)12(7-15(18)20)17(19)21(14)2/h4-6,11,15,22H,7-10H2,1-3H3/t11?,15-,18?/m1/s1. The highest BCUT2D eigenvalue weighted by atomic mass is 35.5. The molecular weight excluding hydrogens is 312 g/mol. The highest BCUT2D eigenvalue weighted by Crippen LogP contribution is 2.51. The molecule has 5 heteroatoms. The summed E-state index contributed by atoms with van der Waals surface area (Å²) in [5.41, 5.74) is 3.23. The van der Waals surface area contributed by atoms with Crippen molar-refractivity contribution < 1.29 is 9.84 Å². The number of fused-ring (bicyclic) bond motifs is 2. The number of hydrogen-bond acceptors (Lipinski definition) is 3. The van der Waals surface area contributed by atoms with E-state index in [0.717, 1.165) is 30.1 Å². The Balaban J connectivity index is 2.02. The quantitative estimate of drug-likeness (QED) is 0.917. The molecule has 1 aliphatic heterocycles. The van der Waals surface area contributed by atoms with E-state index in [2.05, 4.69) is 34.7 Å². The van der Waals surface area contributed by atoms with Crippen molar-refractivity contribution in [3.63, 3.8) is 0 Å². The Bertz CT molecular complexity index is 772. The first-order valence-corrected chi connectivity index (χ1v) is 8.53. The van der Waals surface area contributed by atoms with E-state index in [1.54, 1.807) is 7.11 Å². The Morgan fingerprint density at radius 3 is 2.87 bits per heavy atom. The van der Waals surface area contributed by atoms with Crippen LogP contribution in [-0.4, -0.2) is 47.9 Å². The molecule has 2 aromatic rings. The van der Waals surface area contributed by atoms with Gasteiger partial charge in [-0.3, -0.25) is 4.90 Å². The predicted molar refractivity (Wildman–Crippen MR) is 91.9 cm³/mol. The normalized spacial score (nSPS) is 30.7. The maximum atomic E-state index is 9.74. The van der Waals surface area contributed by atoms with E-state index in [-0.39, 0.29) is 24.2 Å². The number of piperidine rings is 1. The zero-order valence-corrected chi connectivity index (χ0v) is 14.6. The van der Waals surface area contributed by atoms with Crippen LogP contribution in [0.5, 0.6) is 0 Å². The minimum atomic E-state index is -0.377. The molecule has 0 spiro atoms. The van der Waals surface area contributed by atoms with Gasteiger partial charge in [0.1, 0.15) is 10.8 Å². The average molecular weight is 335 g/mol. The number of aliphatic hydroxyl groups excluding tert-OH is 1. The van der Waals surface area contributed by atoms with Crippen molar-refractivity contribution in [2.75, 3.05) is 27.3 Å². The van der Waals surface area contributed by atoms with Gasteiger partial charge in [-0.15, -0.1) is 0 Å². The Labute approximate surface area is 141 Å². The number of methoxy groups -OCH3 is 1. The van der Waals surface area contributed by atoms with E-state index in [1.165, 1.54) is 16.5 Å². The lowest BCUT2D eigenvalue weighted by Gasteiger charge is -2.52. The van der Waals surface area contributed by atoms with Gasteiger partial charge in [-0.25, -0.2) is 0 Å². The number of aryl methyl sites for hydroxylation is 1. The van der Waals surface area contributed by atoms with Crippen molar-refractivity contribution in [3.05, 3.63) is 34.5 Å². The lowest BCUT2D eigenvalue weighted by Crippen LogP contribution is -2.59.